The van der Waals surface area contributed by atoms with Crippen molar-refractivity contribution in [3.8, 4) is 11.3 Å². The number of sulfonamides is 1. The lowest BCUT2D eigenvalue weighted by atomic mass is 10.0. The van der Waals surface area contributed by atoms with E-state index in [1.165, 1.54) is 4.31 Å². The summed E-state index contributed by atoms with van der Waals surface area (Å²) in [6.07, 6.45) is 0. The summed E-state index contributed by atoms with van der Waals surface area (Å²) in [5.41, 5.74) is 6.45. The number of nitrogens with two attached hydrogens (primary N) is 1. The number of nitrogens with one attached hydrogen (secondary N) is 1. The molecule has 0 aliphatic carbocycles. The van der Waals surface area contributed by atoms with Gasteiger partial charge in [0, 0.05) is 68.7 Å². The van der Waals surface area contributed by atoms with Crippen LogP contribution in [0, 0.1) is 0 Å². The summed E-state index contributed by atoms with van der Waals surface area (Å²) in [7, 11) is -3.60. The number of hydrogen-bond acceptors (Lipinski definition) is 8. The molecule has 2 saturated heterocycles. The smallest absolute Gasteiger partial charge is 0.243 e. The van der Waals surface area contributed by atoms with Crippen molar-refractivity contribution < 1.29 is 13.2 Å². The number of carbonyl (C=O) groups is 1. The Kier molecular flexibility index (Phi) is 9.79. The van der Waals surface area contributed by atoms with E-state index in [-0.39, 0.29) is 35.6 Å². The molecule has 0 spiro atoms. The van der Waals surface area contributed by atoms with Crippen molar-refractivity contribution in [3.63, 3.8) is 0 Å². The van der Waals surface area contributed by atoms with Crippen molar-refractivity contribution in [2.75, 3.05) is 57.3 Å². The minimum atomic E-state index is -3.60. The molecule has 5 rings (SSSR count). The number of benzene rings is 2. The second-order valence-corrected chi connectivity index (χ2v) is 12.0. The van der Waals surface area contributed by atoms with E-state index in [9.17, 15) is 13.2 Å². The van der Waals surface area contributed by atoms with Gasteiger partial charge >= 0.3 is 0 Å². The Morgan fingerprint density at radius 3 is 2.18 bits per heavy atom. The van der Waals surface area contributed by atoms with Gasteiger partial charge in [0.15, 0.2) is 5.82 Å². The number of piperazine rings is 2. The van der Waals surface area contributed by atoms with Crippen molar-refractivity contribution in [1.29, 1.82) is 0 Å². The third-order valence-corrected chi connectivity index (χ3v) is 8.80. The van der Waals surface area contributed by atoms with Crippen LogP contribution in [0.2, 0.25) is 0 Å². The highest BCUT2D eigenvalue weighted by atomic mass is 35.5. The normalized spacial score (nSPS) is 16.9. The molecule has 2 fully saturated rings. The molecule has 0 atom stereocenters. The summed E-state index contributed by atoms with van der Waals surface area (Å²) in [5, 5.41) is 14.2. The molecular weight excluding hydrogens is 561 g/mol. The highest BCUT2D eigenvalue weighted by Crippen LogP contribution is 2.33. The highest BCUT2D eigenvalue weighted by Gasteiger charge is 2.31. The lowest BCUT2D eigenvalue weighted by Gasteiger charge is -2.38. The Labute approximate surface area is 241 Å². The number of fused-ring (bicyclic) bond motifs is 1. The fourth-order valence-electron chi connectivity index (χ4n) is 4.90. The Hall–Kier alpha value is -2.54. The molecule has 0 saturated carbocycles. The van der Waals surface area contributed by atoms with Crippen molar-refractivity contribution in [2.45, 2.75) is 24.3 Å². The van der Waals surface area contributed by atoms with Crippen LogP contribution in [-0.4, -0.2) is 91.6 Å². The monoisotopic (exact) mass is 595 g/mol. The Morgan fingerprint density at radius 1 is 0.897 bits per heavy atom. The van der Waals surface area contributed by atoms with Crippen LogP contribution in [0.15, 0.2) is 53.4 Å². The van der Waals surface area contributed by atoms with Gasteiger partial charge in [-0.3, -0.25) is 4.79 Å². The van der Waals surface area contributed by atoms with Crippen LogP contribution in [0.5, 0.6) is 0 Å². The maximum absolute atomic E-state index is 13.3. The van der Waals surface area contributed by atoms with Crippen molar-refractivity contribution in [2.24, 2.45) is 5.73 Å². The Bertz CT molecular complexity index is 1420. The standard InChI is InChI=1S/C26H33N7O3S.2ClH/c1-26(2,27)25(34)32-16-14-31(15-17-32)24-22-9-4-3-8-21(22)23(29-30-24)19-6-5-7-20(18-19)37(35,36)33-12-10-28-11-13-33;;/h3-9,18,28H,10-17,27H2,1-2H3;2*1H. The Morgan fingerprint density at radius 2 is 1.54 bits per heavy atom. The van der Waals surface area contributed by atoms with Crippen LogP contribution < -0.4 is 16.0 Å². The van der Waals surface area contributed by atoms with Gasteiger partial charge in [-0.15, -0.1) is 35.0 Å². The van der Waals surface area contributed by atoms with E-state index in [1.54, 1.807) is 36.9 Å². The summed E-state index contributed by atoms with van der Waals surface area (Å²) in [6.45, 7) is 8.00. The van der Waals surface area contributed by atoms with Crippen LogP contribution in [-0.2, 0) is 14.8 Å². The average Bonchev–Trinajstić information content (AvgIpc) is 2.92. The van der Waals surface area contributed by atoms with E-state index in [2.05, 4.69) is 20.4 Å². The lowest BCUT2D eigenvalue weighted by molar-refractivity contribution is -0.136. The number of hydrogen-bond donors (Lipinski definition) is 2. The van der Waals surface area contributed by atoms with Crippen LogP contribution in [0.4, 0.5) is 5.82 Å². The Balaban J connectivity index is 0.00000210. The van der Waals surface area contributed by atoms with Crippen LogP contribution in [0.25, 0.3) is 22.0 Å². The minimum Gasteiger partial charge on any atom is -0.351 e. The van der Waals surface area contributed by atoms with E-state index >= 15 is 0 Å². The molecule has 39 heavy (non-hydrogen) atoms. The third-order valence-electron chi connectivity index (χ3n) is 6.91. The number of carbonyl (C=O) groups excluding carboxylic acids is 1. The first-order chi connectivity index (χ1) is 17.7. The molecule has 2 aliphatic rings. The molecule has 2 aliphatic heterocycles. The number of halogens is 2. The van der Waals surface area contributed by atoms with Crippen molar-refractivity contribution in [3.05, 3.63) is 48.5 Å². The van der Waals surface area contributed by atoms with Crippen LogP contribution in [0.1, 0.15) is 13.8 Å². The minimum absolute atomic E-state index is 0. The third kappa shape index (κ3) is 6.29. The molecule has 1 amide bonds. The maximum atomic E-state index is 13.3. The second kappa shape index (κ2) is 12.3. The van der Waals surface area contributed by atoms with Gasteiger partial charge in [-0.05, 0) is 26.0 Å². The zero-order valence-electron chi connectivity index (χ0n) is 22.0. The van der Waals surface area contributed by atoms with Crippen LogP contribution in [0.3, 0.4) is 0 Å². The van der Waals surface area contributed by atoms with E-state index in [0.29, 0.717) is 63.6 Å². The van der Waals surface area contributed by atoms with Gasteiger partial charge in [0.25, 0.3) is 0 Å². The highest BCUT2D eigenvalue weighted by molar-refractivity contribution is 7.89. The molecular formula is C26H35Cl2N7O3S. The predicted molar refractivity (Wildman–Crippen MR) is 158 cm³/mol. The molecule has 212 valence electrons. The number of aromatic nitrogens is 2. The van der Waals surface area contributed by atoms with Gasteiger partial charge in [-0.2, -0.15) is 4.31 Å². The molecule has 13 heteroatoms. The number of amides is 1. The van der Waals surface area contributed by atoms with E-state index in [1.807, 2.05) is 30.3 Å². The molecule has 10 nitrogen and oxygen atoms in total. The molecule has 0 unspecified atom stereocenters. The average molecular weight is 597 g/mol. The largest absolute Gasteiger partial charge is 0.351 e. The number of nitrogens with zero attached hydrogens (tertiary/aromatic N) is 5. The predicted octanol–water partition coefficient (Wildman–Crippen LogP) is 2.12. The van der Waals surface area contributed by atoms with Gasteiger partial charge in [0.05, 0.1) is 10.4 Å². The van der Waals surface area contributed by atoms with Gasteiger partial charge in [0.1, 0.15) is 5.69 Å². The maximum Gasteiger partial charge on any atom is 0.243 e. The number of rotatable bonds is 5. The van der Waals surface area contributed by atoms with Gasteiger partial charge in [0.2, 0.25) is 15.9 Å². The fraction of sp³-hybridized carbons (Fsp3) is 0.423. The van der Waals surface area contributed by atoms with E-state index < -0.39 is 15.6 Å². The first kappa shape index (κ1) is 31.0. The second-order valence-electron chi connectivity index (χ2n) is 10.1. The molecule has 0 bridgehead atoms. The summed E-state index contributed by atoms with van der Waals surface area (Å²) in [6, 6.07) is 14.8. The zero-order chi connectivity index (χ0) is 26.2. The fourth-order valence-corrected chi connectivity index (χ4v) is 6.39. The summed E-state index contributed by atoms with van der Waals surface area (Å²) in [4.78, 5) is 16.8. The quantitative estimate of drug-likeness (QED) is 0.459. The van der Waals surface area contributed by atoms with Crippen molar-refractivity contribution in [1.82, 2.24) is 24.7 Å². The first-order valence-electron chi connectivity index (χ1n) is 12.6. The molecule has 3 heterocycles. The zero-order valence-corrected chi connectivity index (χ0v) is 24.5. The summed E-state index contributed by atoms with van der Waals surface area (Å²) >= 11 is 0. The van der Waals surface area contributed by atoms with Gasteiger partial charge in [-0.1, -0.05) is 36.4 Å². The van der Waals surface area contributed by atoms with Gasteiger partial charge < -0.3 is 20.9 Å². The summed E-state index contributed by atoms with van der Waals surface area (Å²) < 4.78 is 28.0. The molecule has 1 aromatic heterocycles. The molecule has 0 radical (unpaired) electrons. The van der Waals surface area contributed by atoms with E-state index in [0.717, 1.165) is 16.6 Å². The molecule has 2 aromatic carbocycles. The van der Waals surface area contributed by atoms with Gasteiger partial charge in [-0.25, -0.2) is 8.42 Å². The van der Waals surface area contributed by atoms with Crippen molar-refractivity contribution >= 4 is 57.3 Å². The molecule has 3 aromatic rings. The summed E-state index contributed by atoms with van der Waals surface area (Å²) in [5.74, 6) is 0.692. The first-order valence-corrected chi connectivity index (χ1v) is 14.0. The topological polar surface area (TPSA) is 125 Å². The SMILES string of the molecule is CC(C)(N)C(=O)N1CCN(c2nnc(-c3cccc(S(=O)(=O)N4CCNCC4)c3)c3ccccc23)CC1.Cl.Cl. The lowest BCUT2D eigenvalue weighted by Crippen LogP contribution is -2.57. The number of anilines is 1. The van der Waals surface area contributed by atoms with E-state index in [4.69, 9.17) is 5.73 Å². The molecule has 3 N–H and O–H groups in total. The van der Waals surface area contributed by atoms with Crippen LogP contribution >= 0.6 is 24.8 Å².